The molecule has 6 heteroatoms. The van der Waals surface area contributed by atoms with Crippen LogP contribution in [0, 0.1) is 0 Å². The van der Waals surface area contributed by atoms with E-state index in [0.29, 0.717) is 5.95 Å². The van der Waals surface area contributed by atoms with Crippen LogP contribution in [0.1, 0.15) is 24.5 Å². The highest BCUT2D eigenvalue weighted by molar-refractivity contribution is 5.33. The lowest BCUT2D eigenvalue weighted by Gasteiger charge is -2.14. The first-order valence-electron chi connectivity index (χ1n) is 6.42. The molecule has 2 rings (SSSR count). The van der Waals surface area contributed by atoms with E-state index in [2.05, 4.69) is 10.3 Å². The maximum atomic E-state index is 12.9. The van der Waals surface area contributed by atoms with Gasteiger partial charge in [0.15, 0.2) is 0 Å². The molecular formula is C14H16F3N3. The molecule has 0 radical (unpaired) electrons. The Bertz CT molecular complexity index is 561. The quantitative estimate of drug-likeness (QED) is 0.905. The number of rotatable bonds is 5. The molecule has 1 N–H and O–H groups in total. The number of benzene rings is 1. The van der Waals surface area contributed by atoms with Gasteiger partial charge < -0.3 is 9.88 Å². The highest BCUT2D eigenvalue weighted by atomic mass is 19.4. The van der Waals surface area contributed by atoms with Crippen LogP contribution in [0.25, 0.3) is 0 Å². The zero-order valence-corrected chi connectivity index (χ0v) is 11.1. The lowest BCUT2D eigenvalue weighted by atomic mass is 10.1. The van der Waals surface area contributed by atoms with Crippen LogP contribution in [0.4, 0.5) is 19.1 Å². The first-order chi connectivity index (χ1) is 9.52. The molecule has 0 atom stereocenters. The third-order valence-corrected chi connectivity index (χ3v) is 2.91. The molecule has 3 nitrogen and oxygen atoms in total. The van der Waals surface area contributed by atoms with Crippen molar-refractivity contribution in [3.05, 3.63) is 47.8 Å². The fraction of sp³-hybridized carbons (Fsp3) is 0.357. The normalized spacial score (nSPS) is 11.6. The fourth-order valence-electron chi connectivity index (χ4n) is 1.96. The van der Waals surface area contributed by atoms with Crippen molar-refractivity contribution in [1.29, 1.82) is 0 Å². The van der Waals surface area contributed by atoms with E-state index in [4.69, 9.17) is 0 Å². The zero-order valence-electron chi connectivity index (χ0n) is 11.1. The summed E-state index contributed by atoms with van der Waals surface area (Å²) in [5.74, 6) is 0.587. The van der Waals surface area contributed by atoms with Crippen molar-refractivity contribution in [2.45, 2.75) is 26.1 Å². The van der Waals surface area contributed by atoms with Crippen molar-refractivity contribution in [2.24, 2.45) is 0 Å². The monoisotopic (exact) mass is 283 g/mol. The fourth-order valence-corrected chi connectivity index (χ4v) is 1.96. The predicted octanol–water partition coefficient (Wildman–Crippen LogP) is 3.77. The Balaban J connectivity index is 2.25. The largest absolute Gasteiger partial charge is 0.416 e. The number of aromatic nitrogens is 2. The van der Waals surface area contributed by atoms with Crippen LogP contribution < -0.4 is 5.32 Å². The van der Waals surface area contributed by atoms with Crippen LogP contribution >= 0.6 is 0 Å². The van der Waals surface area contributed by atoms with Gasteiger partial charge in [0, 0.05) is 18.9 Å². The number of halogens is 3. The van der Waals surface area contributed by atoms with Gasteiger partial charge in [0.05, 0.1) is 12.1 Å². The number of imidazole rings is 1. The molecule has 2 aromatic rings. The molecule has 1 heterocycles. The summed E-state index contributed by atoms with van der Waals surface area (Å²) in [7, 11) is 0. The van der Waals surface area contributed by atoms with Crippen LogP contribution in [0.2, 0.25) is 0 Å². The van der Waals surface area contributed by atoms with Crippen molar-refractivity contribution < 1.29 is 13.2 Å². The van der Waals surface area contributed by atoms with Crippen LogP contribution in [-0.2, 0) is 12.7 Å². The Hall–Kier alpha value is -1.98. The molecule has 0 fully saturated rings. The van der Waals surface area contributed by atoms with E-state index in [1.165, 1.54) is 12.1 Å². The van der Waals surface area contributed by atoms with E-state index >= 15 is 0 Å². The van der Waals surface area contributed by atoms with E-state index in [1.54, 1.807) is 23.0 Å². The van der Waals surface area contributed by atoms with Gasteiger partial charge in [-0.25, -0.2) is 4.98 Å². The number of nitrogens with zero attached hydrogens (tertiary/aromatic N) is 2. The molecule has 0 spiro atoms. The molecule has 0 amide bonds. The molecule has 108 valence electrons. The highest BCUT2D eigenvalue weighted by Gasteiger charge is 2.32. The van der Waals surface area contributed by atoms with Gasteiger partial charge >= 0.3 is 6.18 Å². The Kier molecular flexibility index (Phi) is 4.32. The van der Waals surface area contributed by atoms with E-state index in [1.807, 2.05) is 6.92 Å². The lowest BCUT2D eigenvalue weighted by Crippen LogP contribution is -2.13. The molecule has 20 heavy (non-hydrogen) atoms. The molecular weight excluding hydrogens is 267 g/mol. The van der Waals surface area contributed by atoms with E-state index in [-0.39, 0.29) is 12.1 Å². The number of hydrogen-bond acceptors (Lipinski definition) is 2. The van der Waals surface area contributed by atoms with Crippen LogP contribution in [0.5, 0.6) is 0 Å². The topological polar surface area (TPSA) is 29.9 Å². The van der Waals surface area contributed by atoms with Gasteiger partial charge in [-0.1, -0.05) is 25.1 Å². The molecule has 0 saturated carbocycles. The molecule has 1 aromatic carbocycles. The minimum Gasteiger partial charge on any atom is -0.356 e. The molecule has 0 bridgehead atoms. The Morgan fingerprint density at radius 1 is 1.25 bits per heavy atom. The minimum atomic E-state index is -4.34. The zero-order chi connectivity index (χ0) is 14.6. The van der Waals surface area contributed by atoms with E-state index in [0.717, 1.165) is 19.0 Å². The standard InChI is InChI=1S/C14H16F3N3/c1-2-7-18-13-19-8-9-20(13)10-11-5-3-4-6-12(11)14(15,16)17/h3-6,8-9H,2,7,10H2,1H3,(H,18,19). The Morgan fingerprint density at radius 2 is 2.00 bits per heavy atom. The summed E-state index contributed by atoms with van der Waals surface area (Å²) in [6.45, 7) is 2.89. The molecule has 0 saturated heterocycles. The number of nitrogens with one attached hydrogen (secondary N) is 1. The molecule has 0 aliphatic heterocycles. The third-order valence-electron chi connectivity index (χ3n) is 2.91. The average Bonchev–Trinajstić information content (AvgIpc) is 2.83. The predicted molar refractivity (Wildman–Crippen MR) is 71.6 cm³/mol. The number of anilines is 1. The van der Waals surface area contributed by atoms with Crippen LogP contribution in [0.15, 0.2) is 36.7 Å². The SMILES string of the molecule is CCCNc1nccn1Cc1ccccc1C(F)(F)F. The lowest BCUT2D eigenvalue weighted by molar-refractivity contribution is -0.138. The Labute approximate surface area is 115 Å². The number of alkyl halides is 3. The minimum absolute atomic E-state index is 0.141. The van der Waals surface area contributed by atoms with Crippen molar-refractivity contribution in [2.75, 3.05) is 11.9 Å². The second-order valence-corrected chi connectivity index (χ2v) is 4.46. The maximum absolute atomic E-state index is 12.9. The first kappa shape index (κ1) is 14.4. The van der Waals surface area contributed by atoms with Gasteiger partial charge in [0.1, 0.15) is 0 Å². The highest BCUT2D eigenvalue weighted by Crippen LogP contribution is 2.32. The van der Waals surface area contributed by atoms with Gasteiger partial charge in [0.25, 0.3) is 0 Å². The average molecular weight is 283 g/mol. The second-order valence-electron chi connectivity index (χ2n) is 4.46. The summed E-state index contributed by atoms with van der Waals surface area (Å²) in [5, 5.41) is 3.09. The van der Waals surface area contributed by atoms with Crippen molar-refractivity contribution in [1.82, 2.24) is 9.55 Å². The van der Waals surface area contributed by atoms with Crippen LogP contribution in [0.3, 0.4) is 0 Å². The smallest absolute Gasteiger partial charge is 0.356 e. The first-order valence-corrected chi connectivity index (χ1v) is 6.42. The van der Waals surface area contributed by atoms with E-state index < -0.39 is 11.7 Å². The second kappa shape index (κ2) is 5.98. The maximum Gasteiger partial charge on any atom is 0.416 e. The summed E-state index contributed by atoms with van der Waals surface area (Å²) in [5.41, 5.74) is -0.368. The van der Waals surface area contributed by atoms with Crippen molar-refractivity contribution in [3.8, 4) is 0 Å². The summed E-state index contributed by atoms with van der Waals surface area (Å²) < 4.78 is 40.5. The number of hydrogen-bond donors (Lipinski definition) is 1. The third kappa shape index (κ3) is 3.31. The molecule has 1 aromatic heterocycles. The Morgan fingerprint density at radius 3 is 2.70 bits per heavy atom. The van der Waals surface area contributed by atoms with Gasteiger partial charge in [-0.2, -0.15) is 13.2 Å². The van der Waals surface area contributed by atoms with Gasteiger partial charge in [0.2, 0.25) is 5.95 Å². The van der Waals surface area contributed by atoms with Crippen molar-refractivity contribution in [3.63, 3.8) is 0 Å². The summed E-state index contributed by atoms with van der Waals surface area (Å²) in [4.78, 5) is 4.11. The molecule has 0 aliphatic rings. The van der Waals surface area contributed by atoms with Crippen LogP contribution in [-0.4, -0.2) is 16.1 Å². The van der Waals surface area contributed by atoms with Gasteiger partial charge in [-0.15, -0.1) is 0 Å². The molecule has 0 aliphatic carbocycles. The van der Waals surface area contributed by atoms with Crippen molar-refractivity contribution >= 4 is 5.95 Å². The summed E-state index contributed by atoms with van der Waals surface area (Å²) in [6.07, 6.45) is -0.167. The molecule has 0 unspecified atom stereocenters. The summed E-state index contributed by atoms with van der Waals surface area (Å²) >= 11 is 0. The van der Waals surface area contributed by atoms with E-state index in [9.17, 15) is 13.2 Å². The van der Waals surface area contributed by atoms with Gasteiger partial charge in [-0.3, -0.25) is 0 Å². The van der Waals surface area contributed by atoms with Gasteiger partial charge in [-0.05, 0) is 18.1 Å². The summed E-state index contributed by atoms with van der Waals surface area (Å²) in [6, 6.07) is 5.61.